The third-order valence-electron chi connectivity index (χ3n) is 3.84. The Kier molecular flexibility index (Phi) is 5.31. The first kappa shape index (κ1) is 16.5. The van der Waals surface area contributed by atoms with E-state index >= 15 is 0 Å². The fourth-order valence-electron chi connectivity index (χ4n) is 2.47. The lowest BCUT2D eigenvalue weighted by atomic mass is 10.1. The van der Waals surface area contributed by atoms with Crippen molar-refractivity contribution in [2.45, 2.75) is 12.8 Å². The highest BCUT2D eigenvalue weighted by molar-refractivity contribution is 6.34. The number of rotatable bonds is 3. The molecular weight excluding hydrogens is 296 g/mol. The first-order chi connectivity index (χ1) is 11.0. The molecule has 2 N–H and O–H groups in total. The minimum Gasteiger partial charge on any atom is -0.361 e. The molecule has 120 valence electrons. The van der Waals surface area contributed by atoms with Gasteiger partial charge in [-0.05, 0) is 24.1 Å². The van der Waals surface area contributed by atoms with Gasteiger partial charge < -0.3 is 15.5 Å². The maximum absolute atomic E-state index is 12.2. The molecule has 7 heteroatoms. The van der Waals surface area contributed by atoms with E-state index in [0.29, 0.717) is 44.6 Å². The normalized spacial score (nSPS) is 14.2. The third kappa shape index (κ3) is 4.30. The molecule has 1 saturated heterocycles. The average molecular weight is 314 g/mol. The van der Waals surface area contributed by atoms with Crippen LogP contribution in [0.15, 0.2) is 24.3 Å². The van der Waals surface area contributed by atoms with Crippen LogP contribution >= 0.6 is 0 Å². The Balaban J connectivity index is 1.80. The third-order valence-corrected chi connectivity index (χ3v) is 3.84. The van der Waals surface area contributed by atoms with E-state index in [0.717, 1.165) is 5.56 Å². The summed E-state index contributed by atoms with van der Waals surface area (Å²) in [6.07, 6.45) is 0.973. The fraction of sp³-hybridized carbons (Fsp3) is 0.375. The molecule has 0 spiro atoms. The number of nitrogens with two attached hydrogens (primary N) is 1. The second-order valence-corrected chi connectivity index (χ2v) is 5.35. The van der Waals surface area contributed by atoms with Crippen molar-refractivity contribution in [3.05, 3.63) is 35.4 Å². The summed E-state index contributed by atoms with van der Waals surface area (Å²) in [6.45, 7) is 1.46. The Morgan fingerprint density at radius 3 is 2.13 bits per heavy atom. The number of hydrogen-bond acceptors (Lipinski definition) is 4. The second kappa shape index (κ2) is 7.40. The minimum absolute atomic E-state index is 0.0144. The molecule has 1 heterocycles. The zero-order chi connectivity index (χ0) is 16.8. The van der Waals surface area contributed by atoms with E-state index in [2.05, 4.69) is 6.07 Å². The molecule has 0 atom stereocenters. The lowest BCUT2D eigenvalue weighted by Gasteiger charge is -2.34. The van der Waals surface area contributed by atoms with Gasteiger partial charge in [0.15, 0.2) is 0 Å². The van der Waals surface area contributed by atoms with Gasteiger partial charge in [0.1, 0.15) is 0 Å². The van der Waals surface area contributed by atoms with Crippen LogP contribution in [0.25, 0.3) is 0 Å². The predicted octanol–water partition coefficient (Wildman–Crippen LogP) is -0.353. The number of nitrogens with zero attached hydrogens (tertiary/aromatic N) is 3. The molecule has 0 aliphatic carbocycles. The maximum Gasteiger partial charge on any atom is 0.311 e. The van der Waals surface area contributed by atoms with Gasteiger partial charge >= 0.3 is 11.8 Å². The molecule has 1 aromatic carbocycles. The summed E-state index contributed by atoms with van der Waals surface area (Å²) < 4.78 is 0. The molecule has 0 aromatic heterocycles. The van der Waals surface area contributed by atoms with E-state index in [-0.39, 0.29) is 5.91 Å². The number of carbonyl (C=O) groups is 3. The molecule has 1 aromatic rings. The largest absolute Gasteiger partial charge is 0.361 e. The van der Waals surface area contributed by atoms with E-state index in [1.54, 1.807) is 17.0 Å². The molecular formula is C16H18N4O3. The smallest absolute Gasteiger partial charge is 0.311 e. The van der Waals surface area contributed by atoms with E-state index in [4.69, 9.17) is 11.0 Å². The Morgan fingerprint density at radius 2 is 1.61 bits per heavy atom. The number of primary amides is 1. The Morgan fingerprint density at radius 1 is 1.04 bits per heavy atom. The van der Waals surface area contributed by atoms with Gasteiger partial charge in [0, 0.05) is 32.6 Å². The van der Waals surface area contributed by atoms with Crippen molar-refractivity contribution in [1.82, 2.24) is 9.80 Å². The van der Waals surface area contributed by atoms with Gasteiger partial charge in [-0.2, -0.15) is 5.26 Å². The summed E-state index contributed by atoms with van der Waals surface area (Å²) >= 11 is 0. The van der Waals surface area contributed by atoms with Crippen molar-refractivity contribution in [2.24, 2.45) is 5.73 Å². The van der Waals surface area contributed by atoms with E-state index in [1.165, 1.54) is 4.90 Å². The Bertz CT molecular complexity index is 640. The van der Waals surface area contributed by atoms with E-state index in [9.17, 15) is 14.4 Å². The molecule has 1 aliphatic heterocycles. The van der Waals surface area contributed by atoms with Gasteiger partial charge in [0.2, 0.25) is 5.91 Å². The molecule has 0 saturated carbocycles. The predicted molar refractivity (Wildman–Crippen MR) is 81.8 cm³/mol. The standard InChI is InChI=1S/C16H18N4O3/c17-11-13-3-1-12(2-4-13)5-6-14(21)19-7-9-20(10-8-19)16(23)15(18)22/h1-4H,5-10H2,(H2,18,22). The highest BCUT2D eigenvalue weighted by atomic mass is 16.2. The number of aryl methyl sites for hydroxylation is 1. The number of amides is 3. The zero-order valence-corrected chi connectivity index (χ0v) is 12.7. The highest BCUT2D eigenvalue weighted by Crippen LogP contribution is 2.09. The molecule has 2 rings (SSSR count). The number of piperazine rings is 1. The summed E-state index contributed by atoms with van der Waals surface area (Å²) in [7, 11) is 0. The van der Waals surface area contributed by atoms with Gasteiger partial charge in [-0.15, -0.1) is 0 Å². The van der Waals surface area contributed by atoms with Crippen LogP contribution in [0.4, 0.5) is 0 Å². The molecule has 7 nitrogen and oxygen atoms in total. The molecule has 1 aliphatic rings. The van der Waals surface area contributed by atoms with Crippen LogP contribution in [0.3, 0.4) is 0 Å². The van der Waals surface area contributed by atoms with Gasteiger partial charge in [-0.25, -0.2) is 0 Å². The van der Waals surface area contributed by atoms with Crippen molar-refractivity contribution in [1.29, 1.82) is 5.26 Å². The van der Waals surface area contributed by atoms with E-state index < -0.39 is 11.8 Å². The quantitative estimate of drug-likeness (QED) is 0.769. The molecule has 0 bridgehead atoms. The van der Waals surface area contributed by atoms with Crippen molar-refractivity contribution in [3.8, 4) is 6.07 Å². The van der Waals surface area contributed by atoms with Crippen molar-refractivity contribution in [2.75, 3.05) is 26.2 Å². The SMILES string of the molecule is N#Cc1ccc(CCC(=O)N2CCN(C(=O)C(N)=O)CC2)cc1. The Labute approximate surface area is 134 Å². The van der Waals surface area contributed by atoms with Crippen LogP contribution in [0, 0.1) is 11.3 Å². The summed E-state index contributed by atoms with van der Waals surface area (Å²) in [6, 6.07) is 9.20. The Hall–Kier alpha value is -2.88. The molecule has 3 amide bonds. The van der Waals surface area contributed by atoms with Crippen LogP contribution in [0.5, 0.6) is 0 Å². The van der Waals surface area contributed by atoms with Gasteiger partial charge in [0.05, 0.1) is 11.6 Å². The number of carbonyl (C=O) groups excluding carboxylic acids is 3. The van der Waals surface area contributed by atoms with Crippen LogP contribution in [-0.2, 0) is 20.8 Å². The van der Waals surface area contributed by atoms with Gasteiger partial charge in [-0.1, -0.05) is 12.1 Å². The first-order valence-electron chi connectivity index (χ1n) is 7.37. The average Bonchev–Trinajstić information content (AvgIpc) is 2.59. The summed E-state index contributed by atoms with van der Waals surface area (Å²) in [5.41, 5.74) is 6.56. The highest BCUT2D eigenvalue weighted by Gasteiger charge is 2.26. The first-order valence-corrected chi connectivity index (χ1v) is 7.37. The molecule has 1 fully saturated rings. The number of hydrogen-bond donors (Lipinski definition) is 1. The zero-order valence-electron chi connectivity index (χ0n) is 12.7. The van der Waals surface area contributed by atoms with Crippen LogP contribution in [0.2, 0.25) is 0 Å². The van der Waals surface area contributed by atoms with Crippen molar-refractivity contribution in [3.63, 3.8) is 0 Å². The van der Waals surface area contributed by atoms with Gasteiger partial charge in [-0.3, -0.25) is 14.4 Å². The second-order valence-electron chi connectivity index (χ2n) is 5.35. The monoisotopic (exact) mass is 314 g/mol. The lowest BCUT2D eigenvalue weighted by molar-refractivity contribution is -0.147. The lowest BCUT2D eigenvalue weighted by Crippen LogP contribution is -2.53. The number of benzene rings is 1. The van der Waals surface area contributed by atoms with Crippen LogP contribution < -0.4 is 5.73 Å². The summed E-state index contributed by atoms with van der Waals surface area (Å²) in [4.78, 5) is 37.6. The van der Waals surface area contributed by atoms with Crippen LogP contribution in [0.1, 0.15) is 17.5 Å². The van der Waals surface area contributed by atoms with Crippen molar-refractivity contribution < 1.29 is 14.4 Å². The van der Waals surface area contributed by atoms with E-state index in [1.807, 2.05) is 12.1 Å². The summed E-state index contributed by atoms with van der Waals surface area (Å²) in [5, 5.41) is 8.74. The molecule has 23 heavy (non-hydrogen) atoms. The number of nitriles is 1. The van der Waals surface area contributed by atoms with Crippen molar-refractivity contribution >= 4 is 17.7 Å². The molecule has 0 unspecified atom stereocenters. The van der Waals surface area contributed by atoms with Crippen LogP contribution in [-0.4, -0.2) is 53.7 Å². The van der Waals surface area contributed by atoms with Gasteiger partial charge in [0.25, 0.3) is 0 Å². The maximum atomic E-state index is 12.2. The minimum atomic E-state index is -0.967. The topological polar surface area (TPSA) is 108 Å². The molecule has 0 radical (unpaired) electrons. The summed E-state index contributed by atoms with van der Waals surface area (Å²) in [5.74, 6) is -1.65. The fourth-order valence-corrected chi connectivity index (χ4v) is 2.47.